The van der Waals surface area contributed by atoms with Crippen molar-refractivity contribution in [3.63, 3.8) is 0 Å². The molecule has 1 rings (SSSR count). The molecule has 0 spiro atoms. The molecule has 1 heterocycles. The Morgan fingerprint density at radius 3 is 2.62 bits per heavy atom. The van der Waals surface area contributed by atoms with Crippen LogP contribution in [-0.4, -0.2) is 18.7 Å². The summed E-state index contributed by atoms with van der Waals surface area (Å²) in [6.07, 6.45) is -0.270. The molecule has 0 unspecified atom stereocenters. The van der Waals surface area contributed by atoms with Crippen molar-refractivity contribution in [1.29, 1.82) is 0 Å². The van der Waals surface area contributed by atoms with Gasteiger partial charge in [-0.2, -0.15) is 0 Å². The number of rotatable bonds is 3. The number of hydrogen-bond acceptors (Lipinski definition) is 6. The number of anilines is 1. The average molecular weight is 243 g/mol. The molecular weight excluding hydrogens is 230 g/mol. The van der Waals surface area contributed by atoms with E-state index in [1.54, 1.807) is 12.3 Å². The first-order valence-corrected chi connectivity index (χ1v) is 5.72. The molecule has 5 nitrogen and oxygen atoms in total. The van der Waals surface area contributed by atoms with Gasteiger partial charge in [-0.25, -0.2) is 9.59 Å². The van der Waals surface area contributed by atoms with Gasteiger partial charge < -0.3 is 15.2 Å². The molecular formula is C10H13NO4S. The van der Waals surface area contributed by atoms with Gasteiger partial charge in [0.15, 0.2) is 0 Å². The van der Waals surface area contributed by atoms with Crippen LogP contribution >= 0.6 is 11.3 Å². The maximum absolute atomic E-state index is 11.5. The van der Waals surface area contributed by atoms with E-state index in [1.165, 1.54) is 0 Å². The van der Waals surface area contributed by atoms with Crippen molar-refractivity contribution in [2.75, 3.05) is 12.3 Å². The van der Waals surface area contributed by atoms with E-state index in [4.69, 9.17) is 5.73 Å². The van der Waals surface area contributed by atoms with Crippen LogP contribution in [0.25, 0.3) is 0 Å². The number of hydrogen-bond donors (Lipinski definition) is 1. The van der Waals surface area contributed by atoms with E-state index in [2.05, 4.69) is 9.47 Å². The van der Waals surface area contributed by atoms with Crippen LogP contribution in [0.4, 0.5) is 10.5 Å². The van der Waals surface area contributed by atoms with Gasteiger partial charge in [-0.15, -0.1) is 11.3 Å². The summed E-state index contributed by atoms with van der Waals surface area (Å²) in [4.78, 5) is 22.6. The van der Waals surface area contributed by atoms with Crippen molar-refractivity contribution < 1.29 is 19.1 Å². The molecule has 0 saturated carbocycles. The lowest BCUT2D eigenvalue weighted by atomic mass is 10.2. The Kier molecular flexibility index (Phi) is 4.30. The smallest absolute Gasteiger partial charge is 0.434 e. The first-order chi connectivity index (χ1) is 7.60. The zero-order valence-electron chi connectivity index (χ0n) is 9.11. The van der Waals surface area contributed by atoms with Gasteiger partial charge in [-0.05, 0) is 24.3 Å². The molecule has 16 heavy (non-hydrogen) atoms. The van der Waals surface area contributed by atoms with Crippen LogP contribution in [0, 0.1) is 0 Å². The fourth-order valence-electron chi connectivity index (χ4n) is 1.10. The molecule has 0 aromatic carbocycles. The van der Waals surface area contributed by atoms with Crippen LogP contribution in [0.15, 0.2) is 5.38 Å². The number of nitrogen functional groups attached to an aromatic ring is 1. The molecule has 0 aliphatic heterocycles. The van der Waals surface area contributed by atoms with Gasteiger partial charge in [0.1, 0.15) is 4.88 Å². The van der Waals surface area contributed by atoms with Gasteiger partial charge in [-0.1, -0.05) is 6.92 Å². The van der Waals surface area contributed by atoms with E-state index < -0.39 is 12.1 Å². The highest BCUT2D eigenvalue weighted by atomic mass is 32.1. The predicted octanol–water partition coefficient (Wildman–Crippen LogP) is 2.21. The SMILES string of the molecule is CCOC(=O)OC(=O)c1scc(CC)c1N. The molecule has 0 aliphatic carbocycles. The van der Waals surface area contributed by atoms with Crippen LogP contribution < -0.4 is 5.73 Å². The first-order valence-electron chi connectivity index (χ1n) is 4.84. The van der Waals surface area contributed by atoms with Gasteiger partial charge in [0.25, 0.3) is 0 Å². The minimum atomic E-state index is -1.00. The molecule has 88 valence electrons. The quantitative estimate of drug-likeness (QED) is 0.650. The molecule has 0 aliphatic rings. The third kappa shape index (κ3) is 2.73. The lowest BCUT2D eigenvalue weighted by molar-refractivity contribution is 0.0407. The van der Waals surface area contributed by atoms with Crippen LogP contribution in [0.2, 0.25) is 0 Å². The average Bonchev–Trinajstić information content (AvgIpc) is 2.59. The summed E-state index contributed by atoms with van der Waals surface area (Å²) in [5, 5.41) is 1.77. The fourth-order valence-corrected chi connectivity index (χ4v) is 2.05. The maximum atomic E-state index is 11.5. The Hall–Kier alpha value is -1.56. The van der Waals surface area contributed by atoms with Gasteiger partial charge in [0.2, 0.25) is 0 Å². The number of thiophene rings is 1. The monoisotopic (exact) mass is 243 g/mol. The van der Waals surface area contributed by atoms with E-state index in [-0.39, 0.29) is 11.5 Å². The van der Waals surface area contributed by atoms with Crippen molar-refractivity contribution in [3.05, 3.63) is 15.8 Å². The van der Waals surface area contributed by atoms with Crippen molar-refractivity contribution in [3.8, 4) is 0 Å². The zero-order chi connectivity index (χ0) is 12.1. The van der Waals surface area contributed by atoms with Gasteiger partial charge in [0.05, 0.1) is 12.3 Å². The molecule has 0 amide bonds. The minimum Gasteiger partial charge on any atom is -0.434 e. The standard InChI is InChI=1S/C10H13NO4S/c1-3-6-5-16-8(7(6)11)9(12)15-10(13)14-4-2/h5H,3-4,11H2,1-2H3. The van der Waals surface area contributed by atoms with Crippen molar-refractivity contribution >= 4 is 29.1 Å². The largest absolute Gasteiger partial charge is 0.516 e. The third-order valence-corrected chi connectivity index (χ3v) is 2.94. The molecule has 0 atom stereocenters. The highest BCUT2D eigenvalue weighted by molar-refractivity contribution is 7.12. The second-order valence-corrected chi connectivity index (χ2v) is 3.81. The lowest BCUT2D eigenvalue weighted by Crippen LogP contribution is -2.14. The summed E-state index contributed by atoms with van der Waals surface area (Å²) < 4.78 is 8.93. The second kappa shape index (κ2) is 5.50. The molecule has 0 saturated heterocycles. The Bertz CT molecular complexity index is 400. The fraction of sp³-hybridized carbons (Fsp3) is 0.400. The Morgan fingerprint density at radius 2 is 2.12 bits per heavy atom. The highest BCUT2D eigenvalue weighted by Crippen LogP contribution is 2.26. The summed E-state index contributed by atoms with van der Waals surface area (Å²) in [7, 11) is 0. The summed E-state index contributed by atoms with van der Waals surface area (Å²) >= 11 is 1.16. The number of nitrogens with two attached hydrogens (primary N) is 1. The minimum absolute atomic E-state index is 0.159. The molecule has 2 N–H and O–H groups in total. The Labute approximate surface area is 97.2 Å². The third-order valence-electron chi connectivity index (χ3n) is 1.91. The Balaban J connectivity index is 2.73. The summed E-state index contributed by atoms with van der Waals surface area (Å²) in [6.45, 7) is 3.71. The van der Waals surface area contributed by atoms with E-state index in [0.717, 1.165) is 23.3 Å². The van der Waals surface area contributed by atoms with Gasteiger partial charge >= 0.3 is 12.1 Å². The first kappa shape index (κ1) is 12.5. The molecule has 6 heteroatoms. The van der Waals surface area contributed by atoms with E-state index in [1.807, 2.05) is 6.92 Å². The highest BCUT2D eigenvalue weighted by Gasteiger charge is 2.19. The van der Waals surface area contributed by atoms with E-state index >= 15 is 0 Å². The normalized spacial score (nSPS) is 9.88. The second-order valence-electron chi connectivity index (χ2n) is 2.93. The zero-order valence-corrected chi connectivity index (χ0v) is 9.93. The van der Waals surface area contributed by atoms with Crippen molar-refractivity contribution in [2.24, 2.45) is 0 Å². The topological polar surface area (TPSA) is 78.6 Å². The van der Waals surface area contributed by atoms with Crippen molar-refractivity contribution in [1.82, 2.24) is 0 Å². The number of carbonyl (C=O) groups excluding carboxylic acids is 2. The van der Waals surface area contributed by atoms with Crippen molar-refractivity contribution in [2.45, 2.75) is 20.3 Å². The Morgan fingerprint density at radius 1 is 1.44 bits per heavy atom. The molecule has 0 fully saturated rings. The molecule has 1 aromatic heterocycles. The number of carbonyl (C=O) groups is 2. The summed E-state index contributed by atoms with van der Waals surface area (Å²) in [6, 6.07) is 0. The van der Waals surface area contributed by atoms with Gasteiger partial charge in [0, 0.05) is 0 Å². The van der Waals surface area contributed by atoms with Crippen LogP contribution in [-0.2, 0) is 15.9 Å². The molecule has 1 aromatic rings. The molecule has 0 bridgehead atoms. The molecule has 0 radical (unpaired) electrons. The van der Waals surface area contributed by atoms with Gasteiger partial charge in [-0.3, -0.25) is 0 Å². The summed E-state index contributed by atoms with van der Waals surface area (Å²) in [5.74, 6) is -0.763. The summed E-state index contributed by atoms with van der Waals surface area (Å²) in [5.41, 5.74) is 6.97. The van der Waals surface area contributed by atoms with Crippen LogP contribution in [0.3, 0.4) is 0 Å². The number of ether oxygens (including phenoxy) is 2. The van der Waals surface area contributed by atoms with Crippen LogP contribution in [0.1, 0.15) is 29.1 Å². The van der Waals surface area contributed by atoms with E-state index in [0.29, 0.717) is 5.69 Å². The number of aryl methyl sites for hydroxylation is 1. The predicted molar refractivity (Wildman–Crippen MR) is 60.5 cm³/mol. The maximum Gasteiger partial charge on any atom is 0.516 e. The van der Waals surface area contributed by atoms with E-state index in [9.17, 15) is 9.59 Å². The lowest BCUT2D eigenvalue weighted by Gasteiger charge is -2.02. The number of esters is 1. The van der Waals surface area contributed by atoms with Crippen LogP contribution in [0.5, 0.6) is 0 Å².